The highest BCUT2D eigenvalue weighted by atomic mass is 35.5. The summed E-state index contributed by atoms with van der Waals surface area (Å²) in [7, 11) is 0. The van der Waals surface area contributed by atoms with Crippen molar-refractivity contribution in [1.29, 1.82) is 0 Å². The zero-order chi connectivity index (χ0) is 18.3. The van der Waals surface area contributed by atoms with Crippen molar-refractivity contribution in [2.75, 3.05) is 13.2 Å². The van der Waals surface area contributed by atoms with E-state index in [2.05, 4.69) is 4.99 Å². The predicted molar refractivity (Wildman–Crippen MR) is 103 cm³/mol. The van der Waals surface area contributed by atoms with Gasteiger partial charge in [-0.05, 0) is 37.3 Å². The molecule has 4 rings (SSSR count). The number of amides is 1. The normalized spacial score (nSPS) is 14.0. The summed E-state index contributed by atoms with van der Waals surface area (Å²) in [5, 5.41) is 0.944. The second-order valence-electron chi connectivity index (χ2n) is 5.61. The fraction of sp³-hybridized carbons (Fsp3) is 0.222. The Labute approximate surface area is 163 Å². The van der Waals surface area contributed by atoms with Gasteiger partial charge in [0.1, 0.15) is 13.2 Å². The van der Waals surface area contributed by atoms with Gasteiger partial charge in [0.15, 0.2) is 16.3 Å². The number of fused-ring (bicyclic) bond motifs is 2. The zero-order valence-electron chi connectivity index (χ0n) is 13.8. The number of rotatable bonds is 2. The van der Waals surface area contributed by atoms with Crippen LogP contribution in [0.3, 0.4) is 0 Å². The Balaban J connectivity index is 1.81. The first kappa shape index (κ1) is 17.4. The van der Waals surface area contributed by atoms with E-state index >= 15 is 0 Å². The maximum Gasteiger partial charge on any atom is 0.279 e. The van der Waals surface area contributed by atoms with Crippen LogP contribution in [0.2, 0.25) is 10.0 Å². The van der Waals surface area contributed by atoms with Crippen LogP contribution in [-0.4, -0.2) is 23.7 Å². The number of halogens is 2. The minimum Gasteiger partial charge on any atom is -0.486 e. The predicted octanol–water partition coefficient (Wildman–Crippen LogP) is 4.54. The van der Waals surface area contributed by atoms with Gasteiger partial charge in [0.05, 0.1) is 20.3 Å². The molecule has 26 heavy (non-hydrogen) atoms. The molecule has 0 fully saturated rings. The number of carbonyl (C=O) groups is 1. The van der Waals surface area contributed by atoms with Crippen LogP contribution < -0.4 is 14.3 Å². The molecule has 0 N–H and O–H groups in total. The molecule has 0 saturated carbocycles. The van der Waals surface area contributed by atoms with Crippen molar-refractivity contribution < 1.29 is 14.3 Å². The van der Waals surface area contributed by atoms with Gasteiger partial charge in [0.25, 0.3) is 5.91 Å². The van der Waals surface area contributed by atoms with Gasteiger partial charge < -0.3 is 14.0 Å². The molecule has 0 aliphatic carbocycles. The molecule has 0 saturated heterocycles. The Morgan fingerprint density at radius 3 is 2.73 bits per heavy atom. The Morgan fingerprint density at radius 2 is 1.96 bits per heavy atom. The molecule has 0 spiro atoms. The van der Waals surface area contributed by atoms with Crippen LogP contribution in [0.1, 0.15) is 17.3 Å². The lowest BCUT2D eigenvalue weighted by atomic mass is 10.2. The molecule has 1 aromatic heterocycles. The van der Waals surface area contributed by atoms with E-state index in [1.165, 1.54) is 11.3 Å². The first-order chi connectivity index (χ1) is 12.6. The van der Waals surface area contributed by atoms with E-state index < -0.39 is 0 Å². The van der Waals surface area contributed by atoms with Crippen LogP contribution in [0.4, 0.5) is 0 Å². The fourth-order valence-electron chi connectivity index (χ4n) is 2.81. The number of nitrogens with zero attached hydrogens (tertiary/aromatic N) is 2. The lowest BCUT2D eigenvalue weighted by Crippen LogP contribution is -2.17. The second kappa shape index (κ2) is 6.95. The number of hydrogen-bond donors (Lipinski definition) is 0. The number of carbonyl (C=O) groups excluding carboxylic acids is 1. The molecule has 134 valence electrons. The van der Waals surface area contributed by atoms with Crippen LogP contribution in [-0.2, 0) is 6.54 Å². The van der Waals surface area contributed by atoms with E-state index in [4.69, 9.17) is 32.7 Å². The molecule has 2 heterocycles. The first-order valence-corrected chi connectivity index (χ1v) is 9.61. The van der Waals surface area contributed by atoms with Crippen molar-refractivity contribution in [2.24, 2.45) is 4.99 Å². The second-order valence-corrected chi connectivity index (χ2v) is 7.41. The molecular formula is C18H14Cl2N2O3S. The van der Waals surface area contributed by atoms with Crippen molar-refractivity contribution in [3.63, 3.8) is 0 Å². The van der Waals surface area contributed by atoms with Gasteiger partial charge >= 0.3 is 0 Å². The van der Waals surface area contributed by atoms with E-state index in [-0.39, 0.29) is 5.91 Å². The highest BCUT2D eigenvalue weighted by Gasteiger charge is 2.16. The topological polar surface area (TPSA) is 52.8 Å². The summed E-state index contributed by atoms with van der Waals surface area (Å²) in [4.78, 5) is 17.5. The average molecular weight is 409 g/mol. The summed E-state index contributed by atoms with van der Waals surface area (Å²) < 4.78 is 13.8. The Morgan fingerprint density at radius 1 is 1.19 bits per heavy atom. The van der Waals surface area contributed by atoms with Gasteiger partial charge in [-0.25, -0.2) is 0 Å². The molecule has 3 aromatic rings. The van der Waals surface area contributed by atoms with Crippen molar-refractivity contribution >= 4 is 50.7 Å². The Hall–Kier alpha value is -2.02. The van der Waals surface area contributed by atoms with Crippen LogP contribution >= 0.6 is 34.5 Å². The van der Waals surface area contributed by atoms with Crippen LogP contribution in [0.5, 0.6) is 11.5 Å². The van der Waals surface area contributed by atoms with E-state index in [0.717, 1.165) is 10.2 Å². The largest absolute Gasteiger partial charge is 0.486 e. The van der Waals surface area contributed by atoms with Gasteiger partial charge in [-0.2, -0.15) is 4.99 Å². The van der Waals surface area contributed by atoms with Gasteiger partial charge in [-0.1, -0.05) is 34.5 Å². The summed E-state index contributed by atoms with van der Waals surface area (Å²) in [6, 6.07) is 8.70. The molecule has 1 aliphatic heterocycles. The van der Waals surface area contributed by atoms with Crippen LogP contribution in [0.15, 0.2) is 35.3 Å². The lowest BCUT2D eigenvalue weighted by molar-refractivity contribution is 0.0996. The molecule has 2 aromatic carbocycles. The number of aryl methyl sites for hydroxylation is 1. The van der Waals surface area contributed by atoms with E-state index in [9.17, 15) is 4.79 Å². The molecule has 1 amide bonds. The third kappa shape index (κ3) is 2.98. The van der Waals surface area contributed by atoms with Gasteiger partial charge in [-0.3, -0.25) is 4.79 Å². The third-order valence-electron chi connectivity index (χ3n) is 4.04. The SMILES string of the molecule is CCn1c(=NC(=O)c2ccc3c(c2)OCCO3)sc2ccc(Cl)c(Cl)c21. The lowest BCUT2D eigenvalue weighted by Gasteiger charge is -2.18. The van der Waals surface area contributed by atoms with Gasteiger partial charge in [0.2, 0.25) is 0 Å². The van der Waals surface area contributed by atoms with Crippen molar-refractivity contribution in [3.8, 4) is 11.5 Å². The molecule has 0 radical (unpaired) electrons. The molecule has 0 bridgehead atoms. The standard InChI is InChI=1S/C18H14Cl2N2O3S/c1-2-22-16-14(6-4-11(19)15(16)20)26-18(22)21-17(23)10-3-5-12-13(9-10)25-8-7-24-12/h3-6,9H,2,7-8H2,1H3. The molecule has 8 heteroatoms. The number of benzene rings is 2. The van der Waals surface area contributed by atoms with Crippen molar-refractivity contribution in [3.05, 3.63) is 50.7 Å². The quantitative estimate of drug-likeness (QED) is 0.625. The Kier molecular flexibility index (Phi) is 4.65. The van der Waals surface area contributed by atoms with E-state index in [1.807, 2.05) is 17.6 Å². The molecule has 1 aliphatic rings. The number of aromatic nitrogens is 1. The zero-order valence-corrected chi connectivity index (χ0v) is 16.1. The highest BCUT2D eigenvalue weighted by molar-refractivity contribution is 7.16. The molecular weight excluding hydrogens is 395 g/mol. The smallest absolute Gasteiger partial charge is 0.279 e. The van der Waals surface area contributed by atoms with E-state index in [1.54, 1.807) is 24.3 Å². The molecule has 5 nitrogen and oxygen atoms in total. The van der Waals surface area contributed by atoms with Gasteiger partial charge in [0, 0.05) is 12.1 Å². The minimum absolute atomic E-state index is 0.349. The minimum atomic E-state index is -0.349. The highest BCUT2D eigenvalue weighted by Crippen LogP contribution is 2.33. The summed E-state index contributed by atoms with van der Waals surface area (Å²) in [6.45, 7) is 3.56. The van der Waals surface area contributed by atoms with Crippen LogP contribution in [0.25, 0.3) is 10.2 Å². The summed E-state index contributed by atoms with van der Waals surface area (Å²) in [5.41, 5.74) is 1.24. The van der Waals surface area contributed by atoms with E-state index in [0.29, 0.717) is 51.7 Å². The molecule has 0 atom stereocenters. The summed E-state index contributed by atoms with van der Waals surface area (Å²) >= 11 is 13.9. The van der Waals surface area contributed by atoms with Gasteiger partial charge in [-0.15, -0.1) is 0 Å². The van der Waals surface area contributed by atoms with Crippen molar-refractivity contribution in [2.45, 2.75) is 13.5 Å². The Bertz CT molecular complexity index is 1090. The monoisotopic (exact) mass is 408 g/mol. The number of thiazole rings is 1. The van der Waals surface area contributed by atoms with Crippen LogP contribution in [0, 0.1) is 0 Å². The maximum atomic E-state index is 12.7. The summed E-state index contributed by atoms with van der Waals surface area (Å²) in [6.07, 6.45) is 0. The number of hydrogen-bond acceptors (Lipinski definition) is 4. The maximum absolute atomic E-state index is 12.7. The fourth-order valence-corrected chi connectivity index (χ4v) is 4.39. The third-order valence-corrected chi connectivity index (χ3v) is 5.87. The van der Waals surface area contributed by atoms with Crippen molar-refractivity contribution in [1.82, 2.24) is 4.57 Å². The summed E-state index contributed by atoms with van der Waals surface area (Å²) in [5.74, 6) is 0.851. The molecule has 0 unspecified atom stereocenters. The average Bonchev–Trinajstić information content (AvgIpc) is 3.02. The first-order valence-electron chi connectivity index (χ1n) is 8.04. The number of ether oxygens (including phenoxy) is 2.